The Balaban J connectivity index is 1.92. The fourth-order valence-electron chi connectivity index (χ4n) is 2.96. The summed E-state index contributed by atoms with van der Waals surface area (Å²) in [6.07, 6.45) is 10.5. The van der Waals surface area contributed by atoms with Crippen molar-refractivity contribution >= 4 is 5.52 Å². The Bertz CT molecular complexity index is 497. The third-order valence-electron chi connectivity index (χ3n) is 3.97. The summed E-state index contributed by atoms with van der Waals surface area (Å²) in [5.41, 5.74) is 8.79. The van der Waals surface area contributed by atoms with E-state index in [2.05, 4.69) is 11.2 Å². The van der Waals surface area contributed by atoms with Crippen LogP contribution in [0.5, 0.6) is 0 Å². The fourth-order valence-corrected chi connectivity index (χ4v) is 2.96. The van der Waals surface area contributed by atoms with Gasteiger partial charge in [-0.2, -0.15) is 5.10 Å². The van der Waals surface area contributed by atoms with Crippen LogP contribution in [0.4, 0.5) is 0 Å². The molecule has 17 heavy (non-hydrogen) atoms. The van der Waals surface area contributed by atoms with Crippen molar-refractivity contribution in [3.8, 4) is 0 Å². The van der Waals surface area contributed by atoms with Gasteiger partial charge in [-0.15, -0.1) is 0 Å². The molecule has 1 unspecified atom stereocenters. The molecule has 0 amide bonds. The summed E-state index contributed by atoms with van der Waals surface area (Å²) < 4.78 is 1.91. The average molecular weight is 229 g/mol. The van der Waals surface area contributed by atoms with Gasteiger partial charge in [-0.3, -0.25) is 0 Å². The number of rotatable bonds is 2. The second-order valence-electron chi connectivity index (χ2n) is 5.05. The first-order valence-electron chi connectivity index (χ1n) is 6.54. The minimum Gasteiger partial charge on any atom is -0.324 e. The first-order chi connectivity index (χ1) is 8.36. The zero-order valence-electron chi connectivity index (χ0n) is 10.0. The molecule has 1 aliphatic rings. The highest BCUT2D eigenvalue weighted by atomic mass is 15.2. The number of fused-ring (bicyclic) bond motifs is 1. The topological polar surface area (TPSA) is 43.3 Å². The summed E-state index contributed by atoms with van der Waals surface area (Å²) in [4.78, 5) is 0. The molecule has 0 spiro atoms. The molecule has 3 rings (SSSR count). The predicted molar refractivity (Wildman–Crippen MR) is 68.7 cm³/mol. The summed E-state index contributed by atoms with van der Waals surface area (Å²) >= 11 is 0. The van der Waals surface area contributed by atoms with Gasteiger partial charge in [0.15, 0.2) is 0 Å². The molecule has 1 saturated carbocycles. The van der Waals surface area contributed by atoms with Crippen LogP contribution in [0, 0.1) is 5.92 Å². The van der Waals surface area contributed by atoms with E-state index in [4.69, 9.17) is 5.73 Å². The van der Waals surface area contributed by atoms with Gasteiger partial charge in [-0.05, 0) is 30.9 Å². The molecule has 1 fully saturated rings. The van der Waals surface area contributed by atoms with Crippen molar-refractivity contribution in [1.29, 1.82) is 0 Å². The monoisotopic (exact) mass is 229 g/mol. The molecule has 2 aromatic rings. The van der Waals surface area contributed by atoms with E-state index in [1.807, 2.05) is 29.0 Å². The van der Waals surface area contributed by atoms with Crippen molar-refractivity contribution in [2.45, 2.75) is 38.1 Å². The molecule has 0 aliphatic heterocycles. The molecule has 0 bridgehead atoms. The van der Waals surface area contributed by atoms with Gasteiger partial charge >= 0.3 is 0 Å². The molecule has 0 radical (unpaired) electrons. The van der Waals surface area contributed by atoms with Crippen LogP contribution in [0.15, 0.2) is 30.6 Å². The van der Waals surface area contributed by atoms with Crippen LogP contribution in [-0.2, 0) is 0 Å². The molecule has 3 nitrogen and oxygen atoms in total. The van der Waals surface area contributed by atoms with Crippen molar-refractivity contribution in [3.63, 3.8) is 0 Å². The standard InChI is InChI=1S/C14H19N3/c15-14(11-6-2-1-3-7-11)12-10-16-17-9-5-4-8-13(12)17/h4-5,8-11,14H,1-3,6-7,15H2. The lowest BCUT2D eigenvalue weighted by atomic mass is 9.82. The van der Waals surface area contributed by atoms with Crippen LogP contribution >= 0.6 is 0 Å². The summed E-state index contributed by atoms with van der Waals surface area (Å²) in [6, 6.07) is 6.30. The van der Waals surface area contributed by atoms with Gasteiger partial charge in [0, 0.05) is 17.8 Å². The highest BCUT2D eigenvalue weighted by molar-refractivity contribution is 5.54. The summed E-state index contributed by atoms with van der Waals surface area (Å²) in [5.74, 6) is 0.636. The molecule has 3 heteroatoms. The van der Waals surface area contributed by atoms with Gasteiger partial charge < -0.3 is 5.73 Å². The summed E-state index contributed by atoms with van der Waals surface area (Å²) in [5, 5.41) is 4.37. The van der Waals surface area contributed by atoms with Crippen molar-refractivity contribution in [2.24, 2.45) is 11.7 Å². The van der Waals surface area contributed by atoms with Crippen LogP contribution in [-0.4, -0.2) is 9.61 Å². The molecule has 2 aromatic heterocycles. The fraction of sp³-hybridized carbons (Fsp3) is 0.500. The van der Waals surface area contributed by atoms with Crippen LogP contribution in [0.3, 0.4) is 0 Å². The Kier molecular flexibility index (Phi) is 2.85. The van der Waals surface area contributed by atoms with Crippen LogP contribution in [0.1, 0.15) is 43.7 Å². The molecule has 2 heterocycles. The highest BCUT2D eigenvalue weighted by Gasteiger charge is 2.23. The number of nitrogens with zero attached hydrogens (tertiary/aromatic N) is 2. The molecule has 2 N–H and O–H groups in total. The minimum absolute atomic E-state index is 0.148. The number of pyridine rings is 1. The van der Waals surface area contributed by atoms with E-state index in [1.54, 1.807) is 0 Å². The third kappa shape index (κ3) is 1.95. The second kappa shape index (κ2) is 4.49. The Hall–Kier alpha value is -1.35. The maximum Gasteiger partial charge on any atom is 0.0709 e. The quantitative estimate of drug-likeness (QED) is 0.860. The zero-order valence-corrected chi connectivity index (χ0v) is 10.0. The Morgan fingerprint density at radius 3 is 2.88 bits per heavy atom. The van der Waals surface area contributed by atoms with E-state index in [9.17, 15) is 0 Å². The highest BCUT2D eigenvalue weighted by Crippen LogP contribution is 2.34. The summed E-state index contributed by atoms with van der Waals surface area (Å²) in [6.45, 7) is 0. The molecular formula is C14H19N3. The van der Waals surface area contributed by atoms with E-state index >= 15 is 0 Å². The molecule has 90 valence electrons. The van der Waals surface area contributed by atoms with Gasteiger partial charge in [-0.25, -0.2) is 4.52 Å². The van der Waals surface area contributed by atoms with Crippen molar-refractivity contribution < 1.29 is 0 Å². The van der Waals surface area contributed by atoms with E-state index in [0.29, 0.717) is 5.92 Å². The minimum atomic E-state index is 0.148. The molecule has 1 atom stereocenters. The van der Waals surface area contributed by atoms with E-state index < -0.39 is 0 Å². The number of hydrogen-bond donors (Lipinski definition) is 1. The lowest BCUT2D eigenvalue weighted by Crippen LogP contribution is -2.23. The molecular weight excluding hydrogens is 210 g/mol. The second-order valence-corrected chi connectivity index (χ2v) is 5.05. The normalized spacial score (nSPS) is 19.6. The summed E-state index contributed by atoms with van der Waals surface area (Å²) in [7, 11) is 0. The van der Waals surface area contributed by atoms with Gasteiger partial charge in [-0.1, -0.05) is 25.3 Å². The zero-order chi connectivity index (χ0) is 11.7. The molecule has 0 saturated heterocycles. The van der Waals surface area contributed by atoms with Crippen molar-refractivity contribution in [3.05, 3.63) is 36.2 Å². The van der Waals surface area contributed by atoms with E-state index in [0.717, 1.165) is 5.52 Å². The van der Waals surface area contributed by atoms with E-state index in [-0.39, 0.29) is 6.04 Å². The van der Waals surface area contributed by atoms with Gasteiger partial charge in [0.25, 0.3) is 0 Å². The maximum absolute atomic E-state index is 6.43. The van der Waals surface area contributed by atoms with Crippen LogP contribution < -0.4 is 5.73 Å². The SMILES string of the molecule is NC(c1cnn2ccccc12)C1CCCCC1. The molecule has 1 aliphatic carbocycles. The third-order valence-corrected chi connectivity index (χ3v) is 3.97. The Morgan fingerprint density at radius 2 is 2.06 bits per heavy atom. The maximum atomic E-state index is 6.43. The first-order valence-corrected chi connectivity index (χ1v) is 6.54. The largest absolute Gasteiger partial charge is 0.324 e. The van der Waals surface area contributed by atoms with Crippen LogP contribution in [0.25, 0.3) is 5.52 Å². The van der Waals surface area contributed by atoms with Gasteiger partial charge in [0.1, 0.15) is 0 Å². The number of nitrogens with two attached hydrogens (primary N) is 1. The average Bonchev–Trinajstić information content (AvgIpc) is 2.83. The lowest BCUT2D eigenvalue weighted by molar-refractivity contribution is 0.309. The lowest BCUT2D eigenvalue weighted by Gasteiger charge is -2.27. The van der Waals surface area contributed by atoms with Crippen molar-refractivity contribution in [1.82, 2.24) is 9.61 Å². The Labute approximate surface area is 102 Å². The van der Waals surface area contributed by atoms with Gasteiger partial charge in [0.2, 0.25) is 0 Å². The number of hydrogen-bond acceptors (Lipinski definition) is 2. The predicted octanol–water partition coefficient (Wildman–Crippen LogP) is 2.91. The van der Waals surface area contributed by atoms with Crippen molar-refractivity contribution in [2.75, 3.05) is 0 Å². The first kappa shape index (κ1) is 10.8. The van der Waals surface area contributed by atoms with Gasteiger partial charge in [0.05, 0.1) is 11.7 Å². The van der Waals surface area contributed by atoms with Crippen LogP contribution in [0.2, 0.25) is 0 Å². The van der Waals surface area contributed by atoms with E-state index in [1.165, 1.54) is 37.7 Å². The smallest absolute Gasteiger partial charge is 0.0709 e. The Morgan fingerprint density at radius 1 is 1.24 bits per heavy atom. The number of aromatic nitrogens is 2. The molecule has 0 aromatic carbocycles.